The zero-order valence-corrected chi connectivity index (χ0v) is 16.7. The fourth-order valence-electron chi connectivity index (χ4n) is 5.54. The molecule has 2 unspecified atom stereocenters. The van der Waals surface area contributed by atoms with Crippen molar-refractivity contribution in [1.29, 1.82) is 0 Å². The molecule has 0 aliphatic heterocycles. The summed E-state index contributed by atoms with van der Waals surface area (Å²) in [5.74, 6) is 2.43. The van der Waals surface area contributed by atoms with Crippen molar-refractivity contribution in [3.8, 4) is 0 Å². The molecule has 0 amide bonds. The summed E-state index contributed by atoms with van der Waals surface area (Å²) in [4.78, 5) is 0. The van der Waals surface area contributed by atoms with Gasteiger partial charge in [0.2, 0.25) is 0 Å². The van der Waals surface area contributed by atoms with E-state index in [4.69, 9.17) is 0 Å². The van der Waals surface area contributed by atoms with E-state index in [2.05, 4.69) is 103 Å². The summed E-state index contributed by atoms with van der Waals surface area (Å²) in [6.07, 6.45) is 9.06. The van der Waals surface area contributed by atoms with E-state index in [1.54, 1.807) is 15.9 Å². The van der Waals surface area contributed by atoms with Crippen molar-refractivity contribution < 1.29 is 0 Å². The maximum atomic E-state index is 2.51. The van der Waals surface area contributed by atoms with Crippen LogP contribution in [-0.4, -0.2) is 6.16 Å². The third-order valence-electron chi connectivity index (χ3n) is 6.78. The normalized spacial score (nSPS) is 24.2. The number of benzene rings is 3. The molecule has 3 atom stereocenters. The van der Waals surface area contributed by atoms with Gasteiger partial charge in [0, 0.05) is 0 Å². The quantitative estimate of drug-likeness (QED) is 0.441. The van der Waals surface area contributed by atoms with Crippen molar-refractivity contribution in [3.63, 3.8) is 0 Å². The zero-order chi connectivity index (χ0) is 18.1. The monoisotopic (exact) mass is 370 g/mol. The van der Waals surface area contributed by atoms with Crippen LogP contribution in [0.4, 0.5) is 0 Å². The average Bonchev–Trinajstić information content (AvgIpc) is 3.37. The number of fused-ring (bicyclic) bond motifs is 2. The van der Waals surface area contributed by atoms with E-state index in [0.29, 0.717) is 0 Å². The van der Waals surface area contributed by atoms with Crippen molar-refractivity contribution in [2.75, 3.05) is 6.16 Å². The predicted octanol–water partition coefficient (Wildman–Crippen LogP) is 4.93. The molecule has 0 nitrogen and oxygen atoms in total. The molecule has 0 radical (unpaired) electrons. The first-order chi connectivity index (χ1) is 13.4. The summed E-state index contributed by atoms with van der Waals surface area (Å²) in [7, 11) is -2.06. The van der Waals surface area contributed by atoms with Crippen LogP contribution in [0.15, 0.2) is 103 Å². The van der Waals surface area contributed by atoms with Crippen molar-refractivity contribution in [2.45, 2.75) is 12.8 Å². The molecule has 1 saturated carbocycles. The molecule has 0 saturated heterocycles. The summed E-state index contributed by atoms with van der Waals surface area (Å²) in [5.41, 5.74) is 0. The van der Waals surface area contributed by atoms with Crippen molar-refractivity contribution in [2.24, 2.45) is 17.8 Å². The van der Waals surface area contributed by atoms with Gasteiger partial charge in [-0.3, -0.25) is 0 Å². The summed E-state index contributed by atoms with van der Waals surface area (Å²) in [6.45, 7) is 0. The Kier molecular flexibility index (Phi) is 4.46. The summed E-state index contributed by atoms with van der Waals surface area (Å²) in [5, 5.41) is 4.65. The van der Waals surface area contributed by atoms with Crippen LogP contribution in [-0.2, 0) is 0 Å². The Balaban J connectivity index is 1.71. The molecule has 3 aromatic rings. The van der Waals surface area contributed by atoms with Crippen LogP contribution >= 0.6 is 7.26 Å². The standard InChI is InChI=1S/C26H27P/c1-4-10-24(11-5-1)27(25-12-6-2-7-13-25,26-14-8-3-9-15-26)20-23-19-21-16-17-22(23)18-21/h1-17,21-23,27H,18-20H2/t21?,22-,23?/m0/s1. The molecule has 27 heavy (non-hydrogen) atoms. The Bertz CT molecular complexity index is 818. The van der Waals surface area contributed by atoms with Crippen LogP contribution in [0.5, 0.6) is 0 Å². The molecule has 0 spiro atoms. The summed E-state index contributed by atoms with van der Waals surface area (Å²) in [6, 6.07) is 34.1. The Morgan fingerprint density at radius 3 is 1.44 bits per heavy atom. The van der Waals surface area contributed by atoms with E-state index in [1.165, 1.54) is 19.0 Å². The molecule has 136 valence electrons. The number of hydrogen-bond acceptors (Lipinski definition) is 0. The molecular formula is C26H27P. The van der Waals surface area contributed by atoms with Gasteiger partial charge in [-0.05, 0) is 0 Å². The van der Waals surface area contributed by atoms with Gasteiger partial charge in [-0.2, -0.15) is 0 Å². The fraction of sp³-hybridized carbons (Fsp3) is 0.231. The van der Waals surface area contributed by atoms with Gasteiger partial charge in [-0.1, -0.05) is 0 Å². The van der Waals surface area contributed by atoms with Crippen LogP contribution < -0.4 is 15.9 Å². The van der Waals surface area contributed by atoms with Gasteiger partial charge >= 0.3 is 163 Å². The molecule has 1 heteroatoms. The maximum absolute atomic E-state index is 2.51. The van der Waals surface area contributed by atoms with Gasteiger partial charge in [0.05, 0.1) is 0 Å². The van der Waals surface area contributed by atoms with Crippen molar-refractivity contribution in [3.05, 3.63) is 103 Å². The first kappa shape index (κ1) is 17.0. The van der Waals surface area contributed by atoms with Gasteiger partial charge in [0.15, 0.2) is 0 Å². The molecule has 2 aliphatic carbocycles. The fourth-order valence-corrected chi connectivity index (χ4v) is 10.8. The predicted molar refractivity (Wildman–Crippen MR) is 120 cm³/mol. The molecule has 3 aromatic carbocycles. The molecule has 5 rings (SSSR count). The molecule has 0 aromatic heterocycles. The molecular weight excluding hydrogens is 343 g/mol. The minimum atomic E-state index is -2.06. The molecule has 2 bridgehead atoms. The summed E-state index contributed by atoms with van der Waals surface area (Å²) < 4.78 is 0. The Morgan fingerprint density at radius 1 is 0.593 bits per heavy atom. The second kappa shape index (κ2) is 7.10. The number of rotatable bonds is 5. The first-order valence-corrected chi connectivity index (χ1v) is 12.4. The minimum absolute atomic E-state index is 0.790. The SMILES string of the molecule is C1=C[C@H]2CC1CC2C[PH](c1ccccc1)(c1ccccc1)c1ccccc1. The van der Waals surface area contributed by atoms with E-state index in [9.17, 15) is 0 Å². The first-order valence-electron chi connectivity index (χ1n) is 10.2. The number of allylic oxidation sites excluding steroid dienone is 2. The van der Waals surface area contributed by atoms with Crippen LogP contribution in [0.2, 0.25) is 0 Å². The Labute approximate surface area is 163 Å². The molecule has 0 N–H and O–H groups in total. The van der Waals surface area contributed by atoms with E-state index in [-0.39, 0.29) is 0 Å². The molecule has 1 fully saturated rings. The van der Waals surface area contributed by atoms with Crippen LogP contribution in [0.25, 0.3) is 0 Å². The Hall–Kier alpha value is -2.17. The second-order valence-corrected chi connectivity index (χ2v) is 12.2. The van der Waals surface area contributed by atoms with Crippen LogP contribution in [0.3, 0.4) is 0 Å². The third kappa shape index (κ3) is 2.97. The van der Waals surface area contributed by atoms with Crippen LogP contribution in [0, 0.1) is 17.8 Å². The van der Waals surface area contributed by atoms with Gasteiger partial charge < -0.3 is 0 Å². The molecule has 2 aliphatic rings. The number of hydrogen-bond donors (Lipinski definition) is 0. The van der Waals surface area contributed by atoms with E-state index in [1.807, 2.05) is 0 Å². The van der Waals surface area contributed by atoms with E-state index >= 15 is 0 Å². The average molecular weight is 370 g/mol. The second-order valence-electron chi connectivity index (χ2n) is 8.25. The van der Waals surface area contributed by atoms with E-state index < -0.39 is 7.26 Å². The topological polar surface area (TPSA) is 0 Å². The van der Waals surface area contributed by atoms with Crippen molar-refractivity contribution in [1.82, 2.24) is 0 Å². The third-order valence-corrected chi connectivity index (χ3v) is 11.9. The Morgan fingerprint density at radius 2 is 1.07 bits per heavy atom. The molecule has 0 heterocycles. The zero-order valence-electron chi connectivity index (χ0n) is 15.7. The van der Waals surface area contributed by atoms with Crippen LogP contribution in [0.1, 0.15) is 12.8 Å². The van der Waals surface area contributed by atoms with Gasteiger partial charge in [0.1, 0.15) is 0 Å². The van der Waals surface area contributed by atoms with E-state index in [0.717, 1.165) is 17.8 Å². The van der Waals surface area contributed by atoms with Crippen molar-refractivity contribution >= 4 is 23.2 Å². The van der Waals surface area contributed by atoms with Gasteiger partial charge in [-0.15, -0.1) is 0 Å². The van der Waals surface area contributed by atoms with Gasteiger partial charge in [0.25, 0.3) is 0 Å². The van der Waals surface area contributed by atoms with Gasteiger partial charge in [-0.25, -0.2) is 0 Å². The summed E-state index contributed by atoms with van der Waals surface area (Å²) >= 11 is 0.